The molecule has 13 heteroatoms. The van der Waals surface area contributed by atoms with Crippen molar-refractivity contribution in [2.75, 3.05) is 11.1 Å². The number of rotatable bonds is 7. The lowest BCUT2D eigenvalue weighted by atomic mass is 10.0. The molecular formula is C23H19ClN8O4. The highest BCUT2D eigenvalue weighted by Crippen LogP contribution is 2.38. The Morgan fingerprint density at radius 2 is 1.58 bits per heavy atom. The quantitative estimate of drug-likeness (QED) is 0.252. The minimum Gasteiger partial charge on any atom is -0.368 e. The molecule has 36 heavy (non-hydrogen) atoms. The number of benzene rings is 2. The number of halogens is 1. The molecule has 2 aromatic carbocycles. The van der Waals surface area contributed by atoms with Crippen LogP contribution in [0.2, 0.25) is 5.02 Å². The second kappa shape index (κ2) is 9.88. The first-order valence-electron chi connectivity index (χ1n) is 10.5. The molecular weight excluding hydrogens is 488 g/mol. The lowest BCUT2D eigenvalue weighted by molar-refractivity contribution is -0.393. The number of nitrogens with one attached hydrogen (secondary N) is 1. The van der Waals surface area contributed by atoms with Crippen molar-refractivity contribution in [1.29, 1.82) is 0 Å². The van der Waals surface area contributed by atoms with Gasteiger partial charge in [0, 0.05) is 47.8 Å². The molecule has 0 spiro atoms. The molecule has 0 saturated carbocycles. The van der Waals surface area contributed by atoms with Gasteiger partial charge in [0.25, 0.3) is 11.4 Å². The van der Waals surface area contributed by atoms with Gasteiger partial charge < -0.3 is 11.1 Å². The van der Waals surface area contributed by atoms with E-state index in [1.54, 1.807) is 25.4 Å². The van der Waals surface area contributed by atoms with Gasteiger partial charge in [0.05, 0.1) is 15.5 Å². The van der Waals surface area contributed by atoms with Crippen LogP contribution in [0.15, 0.2) is 54.9 Å². The number of anilines is 2. The third-order valence-corrected chi connectivity index (χ3v) is 5.70. The van der Waals surface area contributed by atoms with E-state index >= 15 is 0 Å². The zero-order chi connectivity index (χ0) is 26.0. The van der Waals surface area contributed by atoms with Crippen LogP contribution in [0.3, 0.4) is 0 Å². The van der Waals surface area contributed by atoms with Gasteiger partial charge in [0.1, 0.15) is 11.6 Å². The van der Waals surface area contributed by atoms with Crippen LogP contribution in [-0.2, 0) is 0 Å². The van der Waals surface area contributed by atoms with Crippen molar-refractivity contribution in [2.45, 2.75) is 19.9 Å². The third kappa shape index (κ3) is 5.18. The number of hydrogen-bond acceptors (Lipinski definition) is 10. The Balaban J connectivity index is 1.66. The zero-order valence-corrected chi connectivity index (χ0v) is 19.8. The van der Waals surface area contributed by atoms with Crippen molar-refractivity contribution < 1.29 is 9.85 Å². The summed E-state index contributed by atoms with van der Waals surface area (Å²) in [4.78, 5) is 38.0. The summed E-state index contributed by atoms with van der Waals surface area (Å²) in [5.41, 5.74) is 7.51. The summed E-state index contributed by atoms with van der Waals surface area (Å²) in [6, 6.07) is 11.4. The second-order valence-corrected chi connectivity index (χ2v) is 8.23. The molecule has 0 bridgehead atoms. The fraction of sp³-hybridized carbons (Fsp3) is 0.130. The van der Waals surface area contributed by atoms with E-state index in [1.165, 1.54) is 0 Å². The summed E-state index contributed by atoms with van der Waals surface area (Å²) in [6.07, 6.45) is 3.29. The lowest BCUT2D eigenvalue weighted by Crippen LogP contribution is -2.09. The van der Waals surface area contributed by atoms with Gasteiger partial charge in [0.15, 0.2) is 5.02 Å². The van der Waals surface area contributed by atoms with Gasteiger partial charge in [-0.05, 0) is 31.0 Å². The van der Waals surface area contributed by atoms with Crippen LogP contribution in [0.5, 0.6) is 0 Å². The maximum atomic E-state index is 11.4. The predicted molar refractivity (Wildman–Crippen MR) is 134 cm³/mol. The number of aromatic nitrogens is 4. The molecule has 0 aliphatic carbocycles. The topological polar surface area (TPSA) is 176 Å². The largest absolute Gasteiger partial charge is 0.368 e. The molecule has 0 amide bonds. The highest BCUT2D eigenvalue weighted by Gasteiger charge is 2.26. The Labute approximate surface area is 209 Å². The van der Waals surface area contributed by atoms with E-state index in [1.807, 2.05) is 31.2 Å². The summed E-state index contributed by atoms with van der Waals surface area (Å²) < 4.78 is 0. The van der Waals surface area contributed by atoms with Crippen molar-refractivity contribution in [3.05, 3.63) is 91.5 Å². The average Bonchev–Trinajstić information content (AvgIpc) is 2.84. The summed E-state index contributed by atoms with van der Waals surface area (Å²) in [7, 11) is 0. The second-order valence-electron chi connectivity index (χ2n) is 7.85. The Morgan fingerprint density at radius 3 is 2.19 bits per heavy atom. The molecule has 182 valence electrons. The Kier molecular flexibility index (Phi) is 6.70. The van der Waals surface area contributed by atoms with Crippen molar-refractivity contribution in [2.24, 2.45) is 0 Å². The van der Waals surface area contributed by atoms with E-state index in [0.29, 0.717) is 11.6 Å². The van der Waals surface area contributed by atoms with Crippen LogP contribution < -0.4 is 11.1 Å². The Hall–Kier alpha value is -4.71. The minimum absolute atomic E-state index is 0.171. The van der Waals surface area contributed by atoms with Crippen LogP contribution in [0.4, 0.5) is 23.1 Å². The van der Waals surface area contributed by atoms with Gasteiger partial charge in [-0.2, -0.15) is 0 Å². The van der Waals surface area contributed by atoms with Crippen LogP contribution in [0.1, 0.15) is 24.4 Å². The normalized spacial score (nSPS) is 11.6. The average molecular weight is 507 g/mol. The Morgan fingerprint density at radius 1 is 0.944 bits per heavy atom. The fourth-order valence-electron chi connectivity index (χ4n) is 3.58. The van der Waals surface area contributed by atoms with Crippen molar-refractivity contribution >= 4 is 34.7 Å². The van der Waals surface area contributed by atoms with Gasteiger partial charge >= 0.3 is 0 Å². The van der Waals surface area contributed by atoms with Gasteiger partial charge in [-0.1, -0.05) is 29.8 Å². The SMILES string of the molecule is Cc1nc(NC(C)c2cccc(-c3cnc(N)nc3)c2)cc(-c2cc([N+](=O)[O-])c(Cl)c([N+](=O)[O-])c2)n1. The molecule has 3 N–H and O–H groups in total. The van der Waals surface area contributed by atoms with Gasteiger partial charge in [-0.15, -0.1) is 0 Å². The number of nitro groups is 2. The summed E-state index contributed by atoms with van der Waals surface area (Å²) in [5, 5.41) is 25.5. The molecule has 1 unspecified atom stereocenters. The van der Waals surface area contributed by atoms with E-state index in [9.17, 15) is 20.2 Å². The standard InChI is InChI=1S/C23H19ClN8O4/c1-12(14-4-3-5-15(6-14)17-10-26-23(25)27-11-17)28-21-9-18(29-13(2)30-21)16-7-19(31(33)34)22(24)20(8-16)32(35)36/h3-12H,1-2H3,(H2,25,26,27)(H,28,29,30). The molecule has 4 rings (SSSR count). The molecule has 1 atom stereocenters. The maximum absolute atomic E-state index is 11.4. The molecule has 2 aromatic heterocycles. The number of nitrogens with two attached hydrogens (primary N) is 1. The first-order chi connectivity index (χ1) is 17.1. The third-order valence-electron chi connectivity index (χ3n) is 5.32. The van der Waals surface area contributed by atoms with Crippen molar-refractivity contribution in [3.63, 3.8) is 0 Å². The van der Waals surface area contributed by atoms with E-state index in [4.69, 9.17) is 17.3 Å². The fourth-order valence-corrected chi connectivity index (χ4v) is 3.82. The number of nitrogens with zero attached hydrogens (tertiary/aromatic N) is 6. The van der Waals surface area contributed by atoms with Gasteiger partial charge in [-0.25, -0.2) is 19.9 Å². The monoisotopic (exact) mass is 506 g/mol. The summed E-state index contributed by atoms with van der Waals surface area (Å²) in [5.74, 6) is 0.998. The van der Waals surface area contributed by atoms with Crippen LogP contribution >= 0.6 is 11.6 Å². The molecule has 2 heterocycles. The molecule has 4 aromatic rings. The van der Waals surface area contributed by atoms with E-state index < -0.39 is 26.2 Å². The number of nitro benzene ring substituents is 2. The molecule has 12 nitrogen and oxygen atoms in total. The first-order valence-corrected chi connectivity index (χ1v) is 10.9. The molecule has 0 fully saturated rings. The van der Waals surface area contributed by atoms with E-state index in [0.717, 1.165) is 28.8 Å². The Bertz CT molecular complexity index is 1440. The number of nitrogen functional groups attached to an aromatic ring is 1. The zero-order valence-electron chi connectivity index (χ0n) is 19.0. The minimum atomic E-state index is -0.771. The predicted octanol–water partition coefficient (Wildman–Crippen LogP) is 5.13. The maximum Gasteiger partial charge on any atom is 0.295 e. The summed E-state index contributed by atoms with van der Waals surface area (Å²) in [6.45, 7) is 3.59. The smallest absolute Gasteiger partial charge is 0.295 e. The van der Waals surface area contributed by atoms with Gasteiger partial charge in [0.2, 0.25) is 5.95 Å². The van der Waals surface area contributed by atoms with Crippen molar-refractivity contribution in [3.8, 4) is 22.4 Å². The number of aryl methyl sites for hydroxylation is 1. The van der Waals surface area contributed by atoms with E-state index in [-0.39, 0.29) is 23.2 Å². The van der Waals surface area contributed by atoms with Crippen LogP contribution in [0, 0.1) is 27.2 Å². The number of hydrogen-bond donors (Lipinski definition) is 2. The molecule has 0 saturated heterocycles. The van der Waals surface area contributed by atoms with Crippen LogP contribution in [-0.4, -0.2) is 29.8 Å². The first kappa shape index (κ1) is 24.4. The molecule has 0 aliphatic heterocycles. The van der Waals surface area contributed by atoms with Gasteiger partial charge in [-0.3, -0.25) is 20.2 Å². The highest BCUT2D eigenvalue weighted by atomic mass is 35.5. The van der Waals surface area contributed by atoms with E-state index in [2.05, 4.69) is 25.3 Å². The van der Waals surface area contributed by atoms with Crippen LogP contribution in [0.25, 0.3) is 22.4 Å². The molecule has 0 radical (unpaired) electrons. The highest BCUT2D eigenvalue weighted by molar-refractivity contribution is 6.34. The lowest BCUT2D eigenvalue weighted by Gasteiger charge is -2.17. The summed E-state index contributed by atoms with van der Waals surface area (Å²) >= 11 is 5.88. The van der Waals surface area contributed by atoms with Crippen molar-refractivity contribution in [1.82, 2.24) is 19.9 Å². The molecule has 0 aliphatic rings.